The first-order valence-electron chi connectivity index (χ1n) is 8.25. The van der Waals surface area contributed by atoms with Crippen molar-refractivity contribution >= 4 is 29.9 Å². The number of nitrogens with zero attached hydrogens (tertiary/aromatic N) is 2. The Balaban J connectivity index is 0.00000625. The first-order valence-corrected chi connectivity index (χ1v) is 8.25. The molecule has 0 aliphatic heterocycles. The van der Waals surface area contributed by atoms with E-state index < -0.39 is 12.7 Å². The van der Waals surface area contributed by atoms with Crippen molar-refractivity contribution in [2.75, 3.05) is 46.9 Å². The summed E-state index contributed by atoms with van der Waals surface area (Å²) in [5.74, 6) is 1.43. The van der Waals surface area contributed by atoms with E-state index in [0.717, 1.165) is 17.7 Å². The summed E-state index contributed by atoms with van der Waals surface area (Å²) in [4.78, 5) is 5.52. The summed E-state index contributed by atoms with van der Waals surface area (Å²) < 4.78 is 42.2. The number of hydrogen-bond donors (Lipinski definition) is 2. The van der Waals surface area contributed by atoms with Gasteiger partial charge in [-0.05, 0) is 32.0 Å². The molecule has 5 nitrogen and oxygen atoms in total. The maximum atomic E-state index is 12.3. The molecular formula is C17H28F3IN4O. The van der Waals surface area contributed by atoms with E-state index in [1.54, 1.807) is 7.11 Å². The molecule has 0 saturated carbocycles. The molecule has 0 unspecified atom stereocenters. The van der Waals surface area contributed by atoms with E-state index in [0.29, 0.717) is 19.0 Å². The lowest BCUT2D eigenvalue weighted by atomic mass is 10.1. The minimum atomic E-state index is -4.18. The van der Waals surface area contributed by atoms with Crippen molar-refractivity contribution < 1.29 is 17.9 Å². The number of hydrogen-bond acceptors (Lipinski definition) is 3. The van der Waals surface area contributed by atoms with Gasteiger partial charge in [0.2, 0.25) is 0 Å². The largest absolute Gasteiger partial charge is 0.496 e. The highest BCUT2D eigenvalue weighted by Gasteiger charge is 2.28. The third kappa shape index (κ3) is 10.7. The fourth-order valence-electron chi connectivity index (χ4n) is 2.28. The van der Waals surface area contributed by atoms with Crippen LogP contribution in [0, 0.1) is 0 Å². The number of benzene rings is 1. The summed E-state index contributed by atoms with van der Waals surface area (Å²) >= 11 is 0. The van der Waals surface area contributed by atoms with Crippen LogP contribution in [0.3, 0.4) is 0 Å². The lowest BCUT2D eigenvalue weighted by Crippen LogP contribution is -2.39. The molecule has 150 valence electrons. The summed E-state index contributed by atoms with van der Waals surface area (Å²) in [7, 11) is 3.07. The van der Waals surface area contributed by atoms with Gasteiger partial charge in [-0.3, -0.25) is 9.89 Å². The zero-order valence-corrected chi connectivity index (χ0v) is 17.7. The number of likely N-dealkylation sites (N-methyl/N-ethyl adjacent to an activating group) is 1. The minimum Gasteiger partial charge on any atom is -0.496 e. The summed E-state index contributed by atoms with van der Waals surface area (Å²) in [6, 6.07) is 7.77. The highest BCUT2D eigenvalue weighted by Crippen LogP contribution is 2.17. The molecule has 0 aliphatic rings. The highest BCUT2D eigenvalue weighted by atomic mass is 127. The maximum Gasteiger partial charge on any atom is 0.401 e. The SMILES string of the molecule is CCNC(=NCCN(C)CC(F)(F)F)NCCc1ccccc1OC.I. The molecule has 0 fully saturated rings. The molecular weight excluding hydrogens is 460 g/mol. The molecule has 26 heavy (non-hydrogen) atoms. The maximum absolute atomic E-state index is 12.3. The fourth-order valence-corrected chi connectivity index (χ4v) is 2.28. The smallest absolute Gasteiger partial charge is 0.401 e. The van der Waals surface area contributed by atoms with Gasteiger partial charge in [0.05, 0.1) is 20.2 Å². The average Bonchev–Trinajstić information content (AvgIpc) is 2.53. The number of guanidine groups is 1. The molecule has 1 aromatic carbocycles. The second-order valence-electron chi connectivity index (χ2n) is 5.60. The predicted molar refractivity (Wildman–Crippen MR) is 110 cm³/mol. The molecule has 0 radical (unpaired) electrons. The molecule has 0 aliphatic carbocycles. The van der Waals surface area contributed by atoms with Crippen LogP contribution in [-0.2, 0) is 6.42 Å². The molecule has 0 bridgehead atoms. The fraction of sp³-hybridized carbons (Fsp3) is 0.588. The molecule has 0 amide bonds. The Labute approximate surface area is 170 Å². The third-order valence-corrected chi connectivity index (χ3v) is 3.42. The Bertz CT molecular complexity index is 541. The van der Waals surface area contributed by atoms with Gasteiger partial charge >= 0.3 is 6.18 Å². The van der Waals surface area contributed by atoms with Crippen LogP contribution in [0.4, 0.5) is 13.2 Å². The van der Waals surface area contributed by atoms with Crippen molar-refractivity contribution in [2.45, 2.75) is 19.5 Å². The van der Waals surface area contributed by atoms with Crippen LogP contribution in [-0.4, -0.2) is 63.9 Å². The van der Waals surface area contributed by atoms with Crippen molar-refractivity contribution in [3.63, 3.8) is 0 Å². The Kier molecular flexibility index (Phi) is 12.4. The average molecular weight is 488 g/mol. The van der Waals surface area contributed by atoms with Crippen molar-refractivity contribution in [1.82, 2.24) is 15.5 Å². The van der Waals surface area contributed by atoms with Gasteiger partial charge in [-0.2, -0.15) is 13.2 Å². The molecule has 0 saturated heterocycles. The topological polar surface area (TPSA) is 48.9 Å². The van der Waals surface area contributed by atoms with Gasteiger partial charge in [0.1, 0.15) is 5.75 Å². The van der Waals surface area contributed by atoms with Crippen molar-refractivity contribution in [2.24, 2.45) is 4.99 Å². The van der Waals surface area contributed by atoms with E-state index in [4.69, 9.17) is 4.74 Å². The minimum absolute atomic E-state index is 0. The van der Waals surface area contributed by atoms with Gasteiger partial charge in [-0.25, -0.2) is 0 Å². The molecule has 1 aromatic rings. The van der Waals surface area contributed by atoms with E-state index >= 15 is 0 Å². The van der Waals surface area contributed by atoms with Crippen molar-refractivity contribution in [3.05, 3.63) is 29.8 Å². The number of rotatable bonds is 9. The number of alkyl halides is 3. The van der Waals surface area contributed by atoms with Gasteiger partial charge in [0.15, 0.2) is 5.96 Å². The Hall–Kier alpha value is -1.23. The van der Waals surface area contributed by atoms with Crippen LogP contribution in [0.2, 0.25) is 0 Å². The van der Waals surface area contributed by atoms with Crippen LogP contribution < -0.4 is 15.4 Å². The standard InChI is InChI=1S/C17H27F3N4O.HI/c1-4-21-16(23-11-12-24(2)13-17(18,19)20)22-10-9-14-7-5-6-8-15(14)25-3;/h5-8H,4,9-13H2,1-3H3,(H2,21,22,23);1H. The Morgan fingerprint density at radius 2 is 1.92 bits per heavy atom. The number of ether oxygens (including phenoxy) is 1. The van der Waals surface area contributed by atoms with E-state index in [1.807, 2.05) is 31.2 Å². The van der Waals surface area contributed by atoms with Crippen LogP contribution in [0.1, 0.15) is 12.5 Å². The first-order chi connectivity index (χ1) is 11.9. The highest BCUT2D eigenvalue weighted by molar-refractivity contribution is 14.0. The van der Waals surface area contributed by atoms with Crippen LogP contribution in [0.25, 0.3) is 0 Å². The zero-order valence-electron chi connectivity index (χ0n) is 15.4. The van der Waals surface area contributed by atoms with E-state index in [-0.39, 0.29) is 37.1 Å². The number of aliphatic imine (C=N–C) groups is 1. The van der Waals surface area contributed by atoms with Gasteiger partial charge in [0.25, 0.3) is 0 Å². The molecule has 2 N–H and O–H groups in total. The zero-order chi connectivity index (χ0) is 18.7. The van der Waals surface area contributed by atoms with E-state index in [1.165, 1.54) is 11.9 Å². The summed E-state index contributed by atoms with van der Waals surface area (Å²) in [6.07, 6.45) is -3.43. The van der Waals surface area contributed by atoms with Crippen molar-refractivity contribution in [3.8, 4) is 5.75 Å². The number of para-hydroxylation sites is 1. The Morgan fingerprint density at radius 3 is 2.54 bits per heavy atom. The molecule has 0 heterocycles. The number of halogens is 4. The van der Waals surface area contributed by atoms with Gasteiger partial charge in [-0.1, -0.05) is 18.2 Å². The first kappa shape index (κ1) is 24.8. The lowest BCUT2D eigenvalue weighted by Gasteiger charge is -2.18. The second-order valence-corrected chi connectivity index (χ2v) is 5.60. The Morgan fingerprint density at radius 1 is 1.23 bits per heavy atom. The molecule has 1 rings (SSSR count). The van der Waals surface area contributed by atoms with Gasteiger partial charge in [-0.15, -0.1) is 24.0 Å². The summed E-state index contributed by atoms with van der Waals surface area (Å²) in [5, 5.41) is 6.27. The number of nitrogens with one attached hydrogen (secondary N) is 2. The van der Waals surface area contributed by atoms with Crippen LogP contribution in [0.5, 0.6) is 5.75 Å². The molecule has 0 atom stereocenters. The van der Waals surface area contributed by atoms with Gasteiger partial charge in [0, 0.05) is 19.6 Å². The second kappa shape index (κ2) is 13.0. The van der Waals surface area contributed by atoms with Crippen LogP contribution >= 0.6 is 24.0 Å². The normalized spacial score (nSPS) is 11.9. The molecule has 9 heteroatoms. The predicted octanol–water partition coefficient (Wildman–Crippen LogP) is 2.90. The quantitative estimate of drug-likeness (QED) is 0.319. The number of methoxy groups -OCH3 is 1. The lowest BCUT2D eigenvalue weighted by molar-refractivity contribution is -0.142. The van der Waals surface area contributed by atoms with Crippen LogP contribution in [0.15, 0.2) is 29.3 Å². The molecule has 0 spiro atoms. The monoisotopic (exact) mass is 488 g/mol. The van der Waals surface area contributed by atoms with Crippen molar-refractivity contribution in [1.29, 1.82) is 0 Å². The third-order valence-electron chi connectivity index (χ3n) is 3.42. The van der Waals surface area contributed by atoms with E-state index in [2.05, 4.69) is 15.6 Å². The van der Waals surface area contributed by atoms with E-state index in [9.17, 15) is 13.2 Å². The summed E-state index contributed by atoms with van der Waals surface area (Å²) in [6.45, 7) is 2.86. The van der Waals surface area contributed by atoms with Gasteiger partial charge < -0.3 is 15.4 Å². The molecule has 0 aromatic heterocycles. The summed E-state index contributed by atoms with van der Waals surface area (Å²) in [5.41, 5.74) is 1.08.